The number of methoxy groups -OCH3 is 1. The summed E-state index contributed by atoms with van der Waals surface area (Å²) >= 11 is 0. The van der Waals surface area contributed by atoms with Gasteiger partial charge in [0.05, 0.1) is 7.11 Å². The van der Waals surface area contributed by atoms with Crippen molar-refractivity contribution in [2.24, 2.45) is 0 Å². The van der Waals surface area contributed by atoms with Crippen LogP contribution in [0.1, 0.15) is 37.6 Å². The topological polar surface area (TPSA) is 84.5 Å². The van der Waals surface area contributed by atoms with Crippen LogP contribution >= 0.6 is 0 Å². The van der Waals surface area contributed by atoms with Crippen molar-refractivity contribution in [1.82, 2.24) is 5.32 Å². The molecule has 0 bridgehead atoms. The Morgan fingerprint density at radius 3 is 2.22 bits per heavy atom. The zero-order valence-corrected chi connectivity index (χ0v) is 13.8. The van der Waals surface area contributed by atoms with Gasteiger partial charge in [-0.25, -0.2) is 4.79 Å². The van der Waals surface area contributed by atoms with Crippen molar-refractivity contribution in [1.29, 1.82) is 0 Å². The van der Waals surface area contributed by atoms with E-state index in [4.69, 9.17) is 4.74 Å². The molecule has 0 heterocycles. The first-order valence-electron chi connectivity index (χ1n) is 7.23. The predicted octanol–water partition coefficient (Wildman–Crippen LogP) is 2.27. The molecule has 0 unspecified atom stereocenters. The van der Waals surface area contributed by atoms with Gasteiger partial charge < -0.3 is 15.4 Å². The minimum atomic E-state index is -0.738. The van der Waals surface area contributed by atoms with Crippen LogP contribution in [0.4, 0.5) is 5.69 Å². The third-order valence-corrected chi connectivity index (χ3v) is 3.02. The van der Waals surface area contributed by atoms with Crippen molar-refractivity contribution in [3.63, 3.8) is 0 Å². The first-order valence-corrected chi connectivity index (χ1v) is 7.23. The van der Waals surface area contributed by atoms with Gasteiger partial charge in [-0.1, -0.05) is 11.6 Å². The molecule has 2 amide bonds. The zero-order chi connectivity index (χ0) is 17.4. The number of benzene rings is 1. The highest BCUT2D eigenvalue weighted by Crippen LogP contribution is 2.10. The molecule has 124 valence electrons. The van der Waals surface area contributed by atoms with Crippen LogP contribution in [0.5, 0.6) is 0 Å². The summed E-state index contributed by atoms with van der Waals surface area (Å²) in [6.07, 6.45) is 2.23. The second kappa shape index (κ2) is 8.73. The van der Waals surface area contributed by atoms with Crippen molar-refractivity contribution in [2.75, 3.05) is 12.4 Å². The van der Waals surface area contributed by atoms with Crippen LogP contribution in [-0.4, -0.2) is 30.9 Å². The number of rotatable bonds is 6. The minimum Gasteiger partial charge on any atom is -0.467 e. The highest BCUT2D eigenvalue weighted by atomic mass is 16.5. The number of ether oxygens (including phenoxy) is 1. The fourth-order valence-electron chi connectivity index (χ4n) is 1.86. The Morgan fingerprint density at radius 2 is 1.74 bits per heavy atom. The molecular formula is C17H22N2O4. The molecule has 0 saturated carbocycles. The van der Waals surface area contributed by atoms with Crippen LogP contribution in [0, 0.1) is 0 Å². The molecule has 1 rings (SSSR count). The van der Waals surface area contributed by atoms with E-state index >= 15 is 0 Å². The van der Waals surface area contributed by atoms with Crippen molar-refractivity contribution in [3.05, 3.63) is 41.5 Å². The molecule has 0 saturated heterocycles. The van der Waals surface area contributed by atoms with Crippen LogP contribution in [0.3, 0.4) is 0 Å². The number of nitrogens with one attached hydrogen (secondary N) is 2. The fourth-order valence-corrected chi connectivity index (χ4v) is 1.86. The number of carbonyl (C=O) groups excluding carboxylic acids is 3. The molecule has 0 spiro atoms. The number of anilines is 1. The second-order valence-electron chi connectivity index (χ2n) is 5.32. The summed E-state index contributed by atoms with van der Waals surface area (Å²) < 4.78 is 4.71. The van der Waals surface area contributed by atoms with Gasteiger partial charge in [0, 0.05) is 18.2 Å². The van der Waals surface area contributed by atoms with Crippen LogP contribution in [0.2, 0.25) is 0 Å². The summed E-state index contributed by atoms with van der Waals surface area (Å²) in [6, 6.07) is 5.67. The normalized spacial score (nSPS) is 11.1. The van der Waals surface area contributed by atoms with E-state index in [-0.39, 0.29) is 11.8 Å². The largest absolute Gasteiger partial charge is 0.467 e. The number of allylic oxidation sites excluding steroid dienone is 1. The van der Waals surface area contributed by atoms with E-state index in [2.05, 4.69) is 10.6 Å². The molecule has 0 aromatic heterocycles. The van der Waals surface area contributed by atoms with Gasteiger partial charge in [0.15, 0.2) is 0 Å². The third kappa shape index (κ3) is 6.34. The van der Waals surface area contributed by atoms with Crippen LogP contribution in [0.25, 0.3) is 0 Å². The van der Waals surface area contributed by atoms with E-state index < -0.39 is 12.0 Å². The number of hydrogen-bond acceptors (Lipinski definition) is 4. The average molecular weight is 318 g/mol. The van der Waals surface area contributed by atoms with Gasteiger partial charge in [-0.3, -0.25) is 9.59 Å². The number of esters is 1. The van der Waals surface area contributed by atoms with Gasteiger partial charge in [0.25, 0.3) is 5.91 Å². The molecule has 0 aliphatic heterocycles. The van der Waals surface area contributed by atoms with Gasteiger partial charge >= 0.3 is 5.97 Å². The van der Waals surface area contributed by atoms with Crippen LogP contribution in [-0.2, 0) is 14.3 Å². The molecule has 0 aliphatic carbocycles. The lowest BCUT2D eigenvalue weighted by Crippen LogP contribution is -2.41. The van der Waals surface area contributed by atoms with Crippen molar-refractivity contribution >= 4 is 23.5 Å². The van der Waals surface area contributed by atoms with Gasteiger partial charge in [0.1, 0.15) is 6.04 Å². The maximum atomic E-state index is 12.2. The lowest BCUT2D eigenvalue weighted by molar-refractivity contribution is -0.142. The predicted molar refractivity (Wildman–Crippen MR) is 88.1 cm³/mol. The molecule has 1 aromatic carbocycles. The van der Waals surface area contributed by atoms with E-state index in [1.165, 1.54) is 14.0 Å². The average Bonchev–Trinajstić information content (AvgIpc) is 2.50. The maximum Gasteiger partial charge on any atom is 0.328 e. The minimum absolute atomic E-state index is 0.185. The summed E-state index contributed by atoms with van der Waals surface area (Å²) in [6.45, 7) is 5.23. The Labute approximate surface area is 135 Å². The third-order valence-electron chi connectivity index (χ3n) is 3.02. The Bertz CT molecular complexity index is 602. The highest BCUT2D eigenvalue weighted by molar-refractivity contribution is 5.97. The van der Waals surface area contributed by atoms with E-state index in [0.717, 1.165) is 5.57 Å². The summed E-state index contributed by atoms with van der Waals surface area (Å²) in [5.41, 5.74) is 2.04. The smallest absolute Gasteiger partial charge is 0.328 e. The molecule has 6 heteroatoms. The Balaban J connectivity index is 2.79. The Kier molecular flexibility index (Phi) is 6.99. The standard InChI is InChI=1S/C17H22N2O4/c1-11(2)5-10-15(17(22)23-4)19-16(21)13-6-8-14(9-7-13)18-12(3)20/h5-9,15H,10H2,1-4H3,(H,18,20)(H,19,21)/t15-/m1/s1. The molecule has 2 N–H and O–H groups in total. The summed E-state index contributed by atoms with van der Waals surface area (Å²) in [7, 11) is 1.28. The molecule has 6 nitrogen and oxygen atoms in total. The van der Waals surface area contributed by atoms with Crippen molar-refractivity contribution < 1.29 is 19.1 Å². The zero-order valence-electron chi connectivity index (χ0n) is 13.8. The van der Waals surface area contributed by atoms with E-state index in [0.29, 0.717) is 17.7 Å². The van der Waals surface area contributed by atoms with Crippen molar-refractivity contribution in [2.45, 2.75) is 33.2 Å². The SMILES string of the molecule is COC(=O)[C@@H](CC=C(C)C)NC(=O)c1ccc(NC(C)=O)cc1. The van der Waals surface area contributed by atoms with E-state index in [9.17, 15) is 14.4 Å². The molecule has 0 fully saturated rings. The van der Waals surface area contributed by atoms with E-state index in [1.54, 1.807) is 24.3 Å². The quantitative estimate of drug-likeness (QED) is 0.622. The molecule has 1 aromatic rings. The lowest BCUT2D eigenvalue weighted by Gasteiger charge is -2.15. The molecular weight excluding hydrogens is 296 g/mol. The van der Waals surface area contributed by atoms with Gasteiger partial charge in [0.2, 0.25) is 5.91 Å². The number of amides is 2. The van der Waals surface area contributed by atoms with Crippen LogP contribution in [0.15, 0.2) is 35.9 Å². The number of carbonyl (C=O) groups is 3. The second-order valence-corrected chi connectivity index (χ2v) is 5.32. The van der Waals surface area contributed by atoms with Gasteiger partial charge in [-0.2, -0.15) is 0 Å². The molecule has 23 heavy (non-hydrogen) atoms. The van der Waals surface area contributed by atoms with Crippen LogP contribution < -0.4 is 10.6 Å². The maximum absolute atomic E-state index is 12.2. The fraction of sp³-hybridized carbons (Fsp3) is 0.353. The molecule has 0 radical (unpaired) electrons. The molecule has 1 atom stereocenters. The summed E-state index contributed by atoms with van der Waals surface area (Å²) in [5, 5.41) is 5.27. The monoisotopic (exact) mass is 318 g/mol. The van der Waals surface area contributed by atoms with E-state index in [1.807, 2.05) is 19.9 Å². The molecule has 0 aliphatic rings. The summed E-state index contributed by atoms with van der Waals surface area (Å²) in [4.78, 5) is 34.9. The lowest BCUT2D eigenvalue weighted by atomic mass is 10.1. The van der Waals surface area contributed by atoms with Crippen molar-refractivity contribution in [3.8, 4) is 0 Å². The first kappa shape index (κ1) is 18.4. The summed E-state index contributed by atoms with van der Waals surface area (Å²) in [5.74, 6) is -1.06. The van der Waals surface area contributed by atoms with Gasteiger partial charge in [-0.15, -0.1) is 0 Å². The number of hydrogen-bond donors (Lipinski definition) is 2. The Morgan fingerprint density at radius 1 is 1.13 bits per heavy atom. The first-order chi connectivity index (χ1) is 10.8. The van der Waals surface area contributed by atoms with Gasteiger partial charge in [-0.05, 0) is 44.5 Å². The Hall–Kier alpha value is -2.63. The highest BCUT2D eigenvalue weighted by Gasteiger charge is 2.21.